The Morgan fingerprint density at radius 3 is 3.00 bits per heavy atom. The van der Waals surface area contributed by atoms with Crippen molar-refractivity contribution in [3.8, 4) is 22.5 Å². The second kappa shape index (κ2) is 4.28. The van der Waals surface area contributed by atoms with Gasteiger partial charge in [-0.15, -0.1) is 0 Å². The predicted octanol–water partition coefficient (Wildman–Crippen LogP) is 3.09. The van der Waals surface area contributed by atoms with Gasteiger partial charge in [-0.05, 0) is 35.3 Å². The third kappa shape index (κ3) is 1.65. The topological polar surface area (TPSA) is 59.4 Å². The van der Waals surface area contributed by atoms with Crippen LogP contribution in [0.1, 0.15) is 0 Å². The molecule has 5 nitrogen and oxygen atoms in total. The Hall–Kier alpha value is -2.47. The van der Waals surface area contributed by atoms with Crippen molar-refractivity contribution >= 4 is 22.6 Å². The molecule has 20 heavy (non-hydrogen) atoms. The number of aromatic amines is 1. The molecule has 0 aliphatic heterocycles. The van der Waals surface area contributed by atoms with Crippen LogP contribution in [0.5, 0.6) is 0 Å². The summed E-state index contributed by atoms with van der Waals surface area (Å²) in [5.74, 6) is 0. The van der Waals surface area contributed by atoms with Gasteiger partial charge in [-0.2, -0.15) is 9.47 Å². The summed E-state index contributed by atoms with van der Waals surface area (Å²) in [7, 11) is 1.93. The summed E-state index contributed by atoms with van der Waals surface area (Å²) in [5.41, 5.74) is 4.89. The maximum atomic E-state index is 4.55. The molecule has 4 rings (SSSR count). The lowest BCUT2D eigenvalue weighted by atomic mass is 10.0. The van der Waals surface area contributed by atoms with Crippen molar-refractivity contribution in [2.45, 2.75) is 0 Å². The maximum absolute atomic E-state index is 4.55. The zero-order chi connectivity index (χ0) is 13.5. The summed E-state index contributed by atoms with van der Waals surface area (Å²) in [6.07, 6.45) is 5.74. The summed E-state index contributed by atoms with van der Waals surface area (Å²) < 4.78 is 6.22. The van der Waals surface area contributed by atoms with Crippen LogP contribution in [-0.2, 0) is 7.05 Å². The van der Waals surface area contributed by atoms with Gasteiger partial charge >= 0.3 is 0 Å². The third-order valence-electron chi connectivity index (χ3n) is 3.26. The average Bonchev–Trinajstić information content (AvgIpc) is 3.17. The molecule has 0 spiro atoms. The molecule has 0 radical (unpaired) electrons. The van der Waals surface area contributed by atoms with Crippen LogP contribution in [0.15, 0.2) is 42.2 Å². The fraction of sp³-hybridized carbons (Fsp3) is 0.0714. The van der Waals surface area contributed by atoms with Crippen molar-refractivity contribution in [1.29, 1.82) is 0 Å². The Labute approximate surface area is 119 Å². The molecule has 0 amide bonds. The van der Waals surface area contributed by atoms with Crippen molar-refractivity contribution in [3.63, 3.8) is 0 Å². The smallest absolute Gasteiger partial charge is 0.137 e. The summed E-state index contributed by atoms with van der Waals surface area (Å²) in [6.45, 7) is 0. The molecule has 4 heterocycles. The monoisotopic (exact) mass is 281 g/mol. The summed E-state index contributed by atoms with van der Waals surface area (Å²) in [5, 5.41) is 7.61. The predicted molar refractivity (Wildman–Crippen MR) is 79.4 cm³/mol. The molecule has 0 saturated carbocycles. The molecular weight excluding hydrogens is 270 g/mol. The van der Waals surface area contributed by atoms with E-state index in [2.05, 4.69) is 19.4 Å². The number of hydrogen-bond acceptors (Lipinski definition) is 4. The lowest BCUT2D eigenvalue weighted by Gasteiger charge is -2.02. The molecule has 4 aromatic rings. The standard InChI is InChI=1S/C14H11N5S/c1-19-8-11(13(17-19)12-4-7-20-18-12)9-2-5-15-14-10(9)3-6-16-14/h2-8H,1H3,(H,15,16). The molecule has 0 aliphatic rings. The van der Waals surface area contributed by atoms with Crippen LogP contribution in [0.2, 0.25) is 0 Å². The van der Waals surface area contributed by atoms with Gasteiger partial charge in [0.2, 0.25) is 0 Å². The van der Waals surface area contributed by atoms with E-state index in [0.29, 0.717) is 0 Å². The Bertz CT molecular complexity index is 872. The molecule has 0 fully saturated rings. The van der Waals surface area contributed by atoms with Crippen molar-refractivity contribution in [3.05, 3.63) is 42.2 Å². The van der Waals surface area contributed by atoms with Crippen molar-refractivity contribution < 1.29 is 0 Å². The van der Waals surface area contributed by atoms with Crippen LogP contribution in [0.3, 0.4) is 0 Å². The molecule has 6 heteroatoms. The number of H-pyrrole nitrogens is 1. The Kier molecular flexibility index (Phi) is 2.43. The van der Waals surface area contributed by atoms with Crippen LogP contribution < -0.4 is 0 Å². The van der Waals surface area contributed by atoms with Gasteiger partial charge < -0.3 is 4.98 Å². The van der Waals surface area contributed by atoms with E-state index in [4.69, 9.17) is 0 Å². The average molecular weight is 281 g/mol. The van der Waals surface area contributed by atoms with E-state index in [9.17, 15) is 0 Å². The minimum Gasteiger partial charge on any atom is -0.346 e. The molecule has 98 valence electrons. The quantitative estimate of drug-likeness (QED) is 0.614. The van der Waals surface area contributed by atoms with Crippen molar-refractivity contribution in [2.75, 3.05) is 0 Å². The van der Waals surface area contributed by atoms with Crippen LogP contribution >= 0.6 is 11.5 Å². The Morgan fingerprint density at radius 1 is 1.20 bits per heavy atom. The van der Waals surface area contributed by atoms with Gasteiger partial charge in [0.1, 0.15) is 17.0 Å². The SMILES string of the molecule is Cn1cc(-c2ccnc3[nH]ccc23)c(-c2ccsn2)n1. The normalized spacial score (nSPS) is 11.2. The van der Waals surface area contributed by atoms with E-state index in [1.54, 1.807) is 0 Å². The van der Waals surface area contributed by atoms with Crippen LogP contribution in [0.4, 0.5) is 0 Å². The molecule has 0 unspecified atom stereocenters. The number of fused-ring (bicyclic) bond motifs is 1. The molecular formula is C14H11N5S. The molecule has 1 N–H and O–H groups in total. The maximum Gasteiger partial charge on any atom is 0.137 e. The third-order valence-corrected chi connectivity index (χ3v) is 3.82. The molecule has 0 saturated heterocycles. The number of pyridine rings is 1. The van der Waals surface area contributed by atoms with Gasteiger partial charge in [-0.1, -0.05) is 0 Å². The van der Waals surface area contributed by atoms with Crippen LogP contribution in [0.25, 0.3) is 33.5 Å². The van der Waals surface area contributed by atoms with Gasteiger partial charge in [0.05, 0.1) is 0 Å². The fourth-order valence-electron chi connectivity index (χ4n) is 2.41. The molecule has 0 atom stereocenters. The van der Waals surface area contributed by atoms with E-state index < -0.39 is 0 Å². The number of rotatable bonds is 2. The minimum absolute atomic E-state index is 0.885. The van der Waals surface area contributed by atoms with Crippen LogP contribution in [-0.4, -0.2) is 24.1 Å². The Morgan fingerprint density at radius 2 is 2.15 bits per heavy atom. The van der Waals surface area contributed by atoms with Gasteiger partial charge in [-0.3, -0.25) is 4.68 Å². The lowest BCUT2D eigenvalue weighted by Crippen LogP contribution is -1.87. The van der Waals surface area contributed by atoms with Gasteiger partial charge in [0, 0.05) is 42.0 Å². The summed E-state index contributed by atoms with van der Waals surface area (Å²) >= 11 is 1.44. The zero-order valence-corrected chi connectivity index (χ0v) is 11.6. The molecule has 0 bridgehead atoms. The van der Waals surface area contributed by atoms with E-state index >= 15 is 0 Å². The lowest BCUT2D eigenvalue weighted by molar-refractivity contribution is 0.770. The number of hydrogen-bond donors (Lipinski definition) is 1. The van der Waals surface area contributed by atoms with Gasteiger partial charge in [-0.25, -0.2) is 4.98 Å². The Balaban J connectivity index is 2.01. The highest BCUT2D eigenvalue weighted by Gasteiger charge is 2.16. The summed E-state index contributed by atoms with van der Waals surface area (Å²) in [6, 6.07) is 6.05. The molecule has 4 aromatic heterocycles. The number of nitrogens with zero attached hydrogens (tertiary/aromatic N) is 4. The first-order valence-corrected chi connectivity index (χ1v) is 7.03. The second-order valence-electron chi connectivity index (χ2n) is 4.55. The van der Waals surface area contributed by atoms with E-state index in [-0.39, 0.29) is 0 Å². The highest BCUT2D eigenvalue weighted by Crippen LogP contribution is 2.34. The van der Waals surface area contributed by atoms with Crippen molar-refractivity contribution in [2.24, 2.45) is 7.05 Å². The van der Waals surface area contributed by atoms with Gasteiger partial charge in [0.25, 0.3) is 0 Å². The minimum atomic E-state index is 0.885. The molecule has 0 aliphatic carbocycles. The van der Waals surface area contributed by atoms with Crippen molar-refractivity contribution in [1.82, 2.24) is 24.1 Å². The largest absolute Gasteiger partial charge is 0.346 e. The zero-order valence-electron chi connectivity index (χ0n) is 10.7. The first-order valence-electron chi connectivity index (χ1n) is 6.20. The van der Waals surface area contributed by atoms with E-state index in [0.717, 1.165) is 33.5 Å². The second-order valence-corrected chi connectivity index (χ2v) is 5.21. The first-order chi connectivity index (χ1) is 9.83. The van der Waals surface area contributed by atoms with E-state index in [1.807, 2.05) is 53.9 Å². The number of aromatic nitrogens is 5. The first kappa shape index (κ1) is 11.4. The molecule has 0 aromatic carbocycles. The fourth-order valence-corrected chi connectivity index (χ4v) is 2.92. The highest BCUT2D eigenvalue weighted by atomic mass is 32.1. The highest BCUT2D eigenvalue weighted by molar-refractivity contribution is 7.03. The number of nitrogens with one attached hydrogen (secondary N) is 1. The van der Waals surface area contributed by atoms with E-state index in [1.165, 1.54) is 11.5 Å². The number of aryl methyl sites for hydroxylation is 1. The van der Waals surface area contributed by atoms with Crippen LogP contribution in [0, 0.1) is 0 Å². The van der Waals surface area contributed by atoms with Gasteiger partial charge in [0.15, 0.2) is 0 Å². The summed E-state index contributed by atoms with van der Waals surface area (Å²) in [4.78, 5) is 7.47.